The Morgan fingerprint density at radius 3 is 2.48 bits per heavy atom. The Labute approximate surface area is 157 Å². The van der Waals surface area contributed by atoms with Gasteiger partial charge in [0.2, 0.25) is 0 Å². The molecule has 0 fully saturated rings. The quantitative estimate of drug-likeness (QED) is 0.690. The van der Waals surface area contributed by atoms with Crippen LogP contribution in [0.3, 0.4) is 0 Å². The number of hydrogen-bond acceptors (Lipinski definition) is 3. The Morgan fingerprint density at radius 2 is 1.89 bits per heavy atom. The van der Waals surface area contributed by atoms with E-state index in [1.54, 1.807) is 12.1 Å². The van der Waals surface area contributed by atoms with Crippen molar-refractivity contribution in [2.24, 2.45) is 0 Å². The highest BCUT2D eigenvalue weighted by Gasteiger charge is 2.40. The number of hydrogen-bond donors (Lipinski definition) is 1. The van der Waals surface area contributed by atoms with E-state index in [-0.39, 0.29) is 10.7 Å². The minimum Gasteiger partial charge on any atom is -0.497 e. The number of benzene rings is 2. The summed E-state index contributed by atoms with van der Waals surface area (Å²) in [6.07, 6.45) is -3.92. The van der Waals surface area contributed by atoms with Crippen molar-refractivity contribution in [3.8, 4) is 11.4 Å². The number of nitrogens with zero attached hydrogens (tertiary/aromatic N) is 2. The monoisotopic (exact) mass is 395 g/mol. The van der Waals surface area contributed by atoms with Gasteiger partial charge in [-0.25, -0.2) is 4.68 Å². The maximum absolute atomic E-state index is 13.6. The molecular formula is C18H13ClF3N3O2. The highest BCUT2D eigenvalue weighted by Crippen LogP contribution is 2.34. The fourth-order valence-corrected chi connectivity index (χ4v) is 2.65. The minimum absolute atomic E-state index is 0.0957. The van der Waals surface area contributed by atoms with Crippen LogP contribution in [-0.4, -0.2) is 22.8 Å². The maximum atomic E-state index is 13.6. The van der Waals surface area contributed by atoms with Crippen molar-refractivity contribution in [3.63, 3.8) is 0 Å². The van der Waals surface area contributed by atoms with E-state index in [1.165, 1.54) is 43.5 Å². The molecule has 0 spiro atoms. The zero-order chi connectivity index (χ0) is 19.6. The van der Waals surface area contributed by atoms with E-state index in [9.17, 15) is 18.0 Å². The van der Waals surface area contributed by atoms with Gasteiger partial charge in [-0.1, -0.05) is 17.7 Å². The molecule has 1 N–H and O–H groups in total. The molecule has 1 aromatic heterocycles. The predicted molar refractivity (Wildman–Crippen MR) is 94.5 cm³/mol. The first-order valence-corrected chi connectivity index (χ1v) is 8.04. The summed E-state index contributed by atoms with van der Waals surface area (Å²) in [6, 6.07) is 12.0. The smallest absolute Gasteiger partial charge is 0.434 e. The van der Waals surface area contributed by atoms with Crippen molar-refractivity contribution < 1.29 is 22.7 Å². The van der Waals surface area contributed by atoms with Crippen molar-refractivity contribution in [1.29, 1.82) is 0 Å². The Balaban J connectivity index is 1.98. The largest absolute Gasteiger partial charge is 0.497 e. The highest BCUT2D eigenvalue weighted by molar-refractivity contribution is 6.30. The first kappa shape index (κ1) is 18.8. The van der Waals surface area contributed by atoms with Crippen LogP contribution in [0.1, 0.15) is 16.1 Å². The molecular weight excluding hydrogens is 383 g/mol. The molecule has 0 aliphatic carbocycles. The molecule has 3 rings (SSSR count). The number of halogens is 4. The second-order valence-electron chi connectivity index (χ2n) is 5.48. The summed E-state index contributed by atoms with van der Waals surface area (Å²) in [7, 11) is 1.48. The molecule has 1 heterocycles. The van der Waals surface area contributed by atoms with Crippen molar-refractivity contribution in [1.82, 2.24) is 9.78 Å². The Morgan fingerprint density at radius 1 is 1.19 bits per heavy atom. The lowest BCUT2D eigenvalue weighted by molar-refractivity contribution is -0.143. The molecule has 1 amide bonds. The first-order chi connectivity index (χ1) is 12.8. The zero-order valence-corrected chi connectivity index (χ0v) is 14.7. The van der Waals surface area contributed by atoms with Gasteiger partial charge in [-0.3, -0.25) is 4.79 Å². The number of alkyl halides is 3. The number of anilines is 1. The van der Waals surface area contributed by atoms with Crippen molar-refractivity contribution in [2.45, 2.75) is 6.18 Å². The molecule has 0 saturated heterocycles. The average molecular weight is 396 g/mol. The number of nitrogens with one attached hydrogen (secondary N) is 1. The molecule has 9 heteroatoms. The van der Waals surface area contributed by atoms with Gasteiger partial charge in [0.15, 0.2) is 5.69 Å². The minimum atomic E-state index is -4.80. The molecule has 0 aliphatic rings. The van der Waals surface area contributed by atoms with Gasteiger partial charge in [0.25, 0.3) is 5.91 Å². The molecule has 0 radical (unpaired) electrons. The van der Waals surface area contributed by atoms with Gasteiger partial charge in [0, 0.05) is 10.7 Å². The van der Waals surface area contributed by atoms with Gasteiger partial charge in [-0.05, 0) is 42.5 Å². The third-order valence-corrected chi connectivity index (χ3v) is 3.92. The summed E-state index contributed by atoms with van der Waals surface area (Å²) in [4.78, 5) is 12.4. The van der Waals surface area contributed by atoms with E-state index in [4.69, 9.17) is 16.3 Å². The topological polar surface area (TPSA) is 56.1 Å². The van der Waals surface area contributed by atoms with Crippen LogP contribution in [0.2, 0.25) is 5.02 Å². The Kier molecular flexibility index (Phi) is 5.09. The van der Waals surface area contributed by atoms with Crippen LogP contribution >= 0.6 is 11.6 Å². The van der Waals surface area contributed by atoms with Crippen molar-refractivity contribution in [3.05, 3.63) is 71.0 Å². The van der Waals surface area contributed by atoms with Crippen LogP contribution in [0.4, 0.5) is 18.9 Å². The second-order valence-corrected chi connectivity index (χ2v) is 5.92. The number of amides is 1. The van der Waals surface area contributed by atoms with E-state index in [1.807, 2.05) is 0 Å². The summed E-state index contributed by atoms with van der Waals surface area (Å²) in [6.45, 7) is 0. The van der Waals surface area contributed by atoms with Gasteiger partial charge >= 0.3 is 6.18 Å². The standard InChI is InChI=1S/C18H13ClF3N3O2/c1-27-14-7-5-12(6-8-14)24-17(26)15-10-23-25(16(15)18(20,21)22)13-4-2-3-11(19)9-13/h2-10H,1H3,(H,24,26). The number of carbonyl (C=O) groups excluding carboxylic acids is 1. The summed E-state index contributed by atoms with van der Waals surface area (Å²) in [5.74, 6) is -0.376. The number of carbonyl (C=O) groups is 1. The van der Waals surface area contributed by atoms with Crippen molar-refractivity contribution in [2.75, 3.05) is 12.4 Å². The van der Waals surface area contributed by atoms with Gasteiger partial charge in [0.05, 0.1) is 24.6 Å². The van der Waals surface area contributed by atoms with Gasteiger partial charge < -0.3 is 10.1 Å². The average Bonchev–Trinajstić information content (AvgIpc) is 3.08. The number of aromatic nitrogens is 2. The van der Waals surface area contributed by atoms with E-state index in [2.05, 4.69) is 10.4 Å². The van der Waals surface area contributed by atoms with E-state index in [0.29, 0.717) is 16.1 Å². The highest BCUT2D eigenvalue weighted by atomic mass is 35.5. The van der Waals surface area contributed by atoms with Gasteiger partial charge in [-0.15, -0.1) is 0 Å². The maximum Gasteiger partial charge on any atom is 0.434 e. The number of methoxy groups -OCH3 is 1. The lowest BCUT2D eigenvalue weighted by Gasteiger charge is -2.13. The van der Waals surface area contributed by atoms with Crippen LogP contribution in [0.15, 0.2) is 54.7 Å². The third-order valence-electron chi connectivity index (χ3n) is 3.68. The molecule has 0 aliphatic heterocycles. The second kappa shape index (κ2) is 7.32. The molecule has 140 valence electrons. The van der Waals surface area contributed by atoms with Crippen molar-refractivity contribution >= 4 is 23.2 Å². The van der Waals surface area contributed by atoms with Crippen LogP contribution in [0.25, 0.3) is 5.69 Å². The molecule has 3 aromatic rings. The number of ether oxygens (including phenoxy) is 1. The molecule has 27 heavy (non-hydrogen) atoms. The zero-order valence-electron chi connectivity index (χ0n) is 13.9. The summed E-state index contributed by atoms with van der Waals surface area (Å²) in [5.41, 5.74) is -1.36. The summed E-state index contributed by atoms with van der Waals surface area (Å²) < 4.78 is 46.6. The molecule has 0 unspecified atom stereocenters. The SMILES string of the molecule is COc1ccc(NC(=O)c2cnn(-c3cccc(Cl)c3)c2C(F)(F)F)cc1. The van der Waals surface area contributed by atoms with Crippen LogP contribution < -0.4 is 10.1 Å². The van der Waals surface area contributed by atoms with E-state index < -0.39 is 23.3 Å². The summed E-state index contributed by atoms with van der Waals surface area (Å²) >= 11 is 5.85. The Hall–Kier alpha value is -3.00. The van der Waals surface area contributed by atoms with Crippen LogP contribution in [0, 0.1) is 0 Å². The van der Waals surface area contributed by atoms with E-state index >= 15 is 0 Å². The first-order valence-electron chi connectivity index (χ1n) is 7.66. The van der Waals surface area contributed by atoms with Gasteiger partial charge in [-0.2, -0.15) is 18.3 Å². The van der Waals surface area contributed by atoms with Gasteiger partial charge in [0.1, 0.15) is 5.75 Å². The lowest BCUT2D eigenvalue weighted by atomic mass is 10.2. The molecule has 5 nitrogen and oxygen atoms in total. The van der Waals surface area contributed by atoms with E-state index in [0.717, 1.165) is 6.20 Å². The number of rotatable bonds is 4. The van der Waals surface area contributed by atoms with Crippen LogP contribution in [0.5, 0.6) is 5.75 Å². The lowest BCUT2D eigenvalue weighted by Crippen LogP contribution is -2.20. The molecule has 0 bridgehead atoms. The molecule has 0 saturated carbocycles. The van der Waals surface area contributed by atoms with Crippen LogP contribution in [-0.2, 0) is 6.18 Å². The normalized spacial score (nSPS) is 11.3. The fraction of sp³-hybridized carbons (Fsp3) is 0.111. The third kappa shape index (κ3) is 4.06. The Bertz CT molecular complexity index is 969. The molecule has 2 aromatic carbocycles. The fourth-order valence-electron chi connectivity index (χ4n) is 2.46. The predicted octanol–water partition coefficient (Wildman–Crippen LogP) is 4.81. The molecule has 0 atom stereocenters. The summed E-state index contributed by atoms with van der Waals surface area (Å²) in [5, 5.41) is 6.42.